The number of amidine groups is 1. The van der Waals surface area contributed by atoms with Crippen LogP contribution < -0.4 is 4.72 Å². The van der Waals surface area contributed by atoms with E-state index in [0.29, 0.717) is 13.0 Å². The van der Waals surface area contributed by atoms with Crippen LogP contribution in [0.2, 0.25) is 0 Å². The zero-order valence-corrected chi connectivity index (χ0v) is 16.0. The van der Waals surface area contributed by atoms with Gasteiger partial charge < -0.3 is 4.90 Å². The van der Waals surface area contributed by atoms with Crippen LogP contribution in [0.3, 0.4) is 0 Å². The Morgan fingerprint density at radius 2 is 1.74 bits per heavy atom. The van der Waals surface area contributed by atoms with Gasteiger partial charge in [0.2, 0.25) is 0 Å². The molecule has 23 heavy (non-hydrogen) atoms. The summed E-state index contributed by atoms with van der Waals surface area (Å²) in [6, 6.07) is -0.268. The molecule has 0 spiro atoms. The Kier molecular flexibility index (Phi) is 4.46. The molecule has 0 saturated carbocycles. The second-order valence-electron chi connectivity index (χ2n) is 8.59. The highest BCUT2D eigenvalue weighted by atomic mass is 32.2. The van der Waals surface area contributed by atoms with Crippen molar-refractivity contribution in [3.8, 4) is 0 Å². The molecule has 0 unspecified atom stereocenters. The number of hydrogen-bond donors (Lipinski definition) is 2. The third-order valence-electron chi connectivity index (χ3n) is 4.26. The van der Waals surface area contributed by atoms with Crippen LogP contribution in [0, 0.1) is 10.8 Å². The normalized spacial score (nSPS) is 26.4. The van der Waals surface area contributed by atoms with Gasteiger partial charge in [-0.25, -0.2) is 0 Å². The van der Waals surface area contributed by atoms with Gasteiger partial charge in [-0.1, -0.05) is 41.5 Å². The van der Waals surface area contributed by atoms with Gasteiger partial charge in [0.1, 0.15) is 5.84 Å². The zero-order chi connectivity index (χ0) is 17.8. The molecule has 0 amide bonds. The molecular formula is C16H29N3O3S. The first kappa shape index (κ1) is 18.4. The van der Waals surface area contributed by atoms with Crippen molar-refractivity contribution in [3.63, 3.8) is 0 Å². The predicted octanol–water partition coefficient (Wildman–Crippen LogP) is 2.60. The van der Waals surface area contributed by atoms with Crippen LogP contribution in [0.4, 0.5) is 0 Å². The molecule has 0 radical (unpaired) electrons. The number of hydrogen-bond acceptors (Lipinski definition) is 4. The molecule has 2 N–H and O–H groups in total. The average molecular weight is 343 g/mol. The van der Waals surface area contributed by atoms with Gasteiger partial charge in [-0.15, -0.1) is 0 Å². The first-order valence-corrected chi connectivity index (χ1v) is 9.48. The SMILES string of the molecule is C[C@@H]1N=C(C(C)(C)C)N2C[C@@H](NS(=O)(=O)O)CC2=C1C(C)(C)C. The minimum absolute atomic E-state index is 0.0487. The van der Waals surface area contributed by atoms with Gasteiger partial charge in [0.05, 0.1) is 6.04 Å². The molecule has 132 valence electrons. The second kappa shape index (κ2) is 5.57. The average Bonchev–Trinajstić information content (AvgIpc) is 2.63. The fourth-order valence-electron chi connectivity index (χ4n) is 3.71. The van der Waals surface area contributed by atoms with Crippen molar-refractivity contribution >= 4 is 16.1 Å². The van der Waals surface area contributed by atoms with Crippen LogP contribution in [0.5, 0.6) is 0 Å². The maximum Gasteiger partial charge on any atom is 0.333 e. The number of rotatable bonds is 2. The van der Waals surface area contributed by atoms with Crippen LogP contribution >= 0.6 is 0 Å². The molecule has 1 fully saturated rings. The molecule has 0 aliphatic carbocycles. The van der Waals surface area contributed by atoms with Gasteiger partial charge in [-0.05, 0) is 17.9 Å². The maximum atomic E-state index is 11.2. The van der Waals surface area contributed by atoms with Crippen molar-refractivity contribution < 1.29 is 13.0 Å². The number of nitrogens with zero attached hydrogens (tertiary/aromatic N) is 2. The van der Waals surface area contributed by atoms with Crippen LogP contribution in [0.1, 0.15) is 54.9 Å². The Balaban J connectivity index is 2.48. The van der Waals surface area contributed by atoms with Crippen LogP contribution in [0.25, 0.3) is 0 Å². The first-order valence-electron chi connectivity index (χ1n) is 8.04. The minimum Gasteiger partial charge on any atom is -0.332 e. The highest BCUT2D eigenvalue weighted by Crippen LogP contribution is 2.42. The fraction of sp³-hybridized carbons (Fsp3) is 0.812. The molecule has 2 aliphatic heterocycles. The molecule has 0 bridgehead atoms. The minimum atomic E-state index is -4.21. The van der Waals surface area contributed by atoms with Crippen molar-refractivity contribution in [2.24, 2.45) is 15.8 Å². The third-order valence-corrected chi connectivity index (χ3v) is 4.89. The van der Waals surface area contributed by atoms with E-state index in [1.807, 2.05) is 0 Å². The number of aliphatic imine (C=N–C) groups is 1. The van der Waals surface area contributed by atoms with Gasteiger partial charge >= 0.3 is 10.3 Å². The van der Waals surface area contributed by atoms with E-state index < -0.39 is 10.3 Å². The molecular weight excluding hydrogens is 314 g/mol. The van der Waals surface area contributed by atoms with Crippen LogP contribution in [-0.2, 0) is 10.3 Å². The Labute approximate surface area is 139 Å². The van der Waals surface area contributed by atoms with E-state index in [0.717, 1.165) is 11.5 Å². The summed E-state index contributed by atoms with van der Waals surface area (Å²) in [4.78, 5) is 7.06. The molecule has 2 aliphatic rings. The Morgan fingerprint density at radius 3 is 2.17 bits per heavy atom. The summed E-state index contributed by atoms with van der Waals surface area (Å²) in [6.45, 7) is 15.4. The molecule has 1 saturated heterocycles. The molecule has 6 nitrogen and oxygen atoms in total. The van der Waals surface area contributed by atoms with Crippen LogP contribution in [0.15, 0.2) is 16.3 Å². The molecule has 2 rings (SSSR count). The monoisotopic (exact) mass is 343 g/mol. The molecule has 7 heteroatoms. The van der Waals surface area contributed by atoms with Gasteiger partial charge in [-0.3, -0.25) is 9.55 Å². The predicted molar refractivity (Wildman–Crippen MR) is 92.6 cm³/mol. The van der Waals surface area contributed by atoms with E-state index in [1.165, 1.54) is 5.57 Å². The molecule has 2 heterocycles. The maximum absolute atomic E-state index is 11.2. The van der Waals surface area contributed by atoms with Gasteiger partial charge in [0.25, 0.3) is 0 Å². The van der Waals surface area contributed by atoms with Gasteiger partial charge in [0.15, 0.2) is 0 Å². The van der Waals surface area contributed by atoms with Crippen molar-refractivity contribution in [1.82, 2.24) is 9.62 Å². The quantitative estimate of drug-likeness (QED) is 0.755. The molecule has 0 aromatic carbocycles. The second-order valence-corrected chi connectivity index (χ2v) is 9.78. The van der Waals surface area contributed by atoms with Crippen molar-refractivity contribution in [2.75, 3.05) is 6.54 Å². The molecule has 2 atom stereocenters. The van der Waals surface area contributed by atoms with E-state index in [4.69, 9.17) is 9.55 Å². The fourth-order valence-corrected chi connectivity index (χ4v) is 4.29. The molecule has 0 aromatic heterocycles. The van der Waals surface area contributed by atoms with E-state index in [1.54, 1.807) is 0 Å². The smallest absolute Gasteiger partial charge is 0.332 e. The van der Waals surface area contributed by atoms with Gasteiger partial charge in [-0.2, -0.15) is 13.1 Å². The van der Waals surface area contributed by atoms with Crippen molar-refractivity contribution in [3.05, 3.63) is 11.3 Å². The van der Waals surface area contributed by atoms with E-state index in [9.17, 15) is 8.42 Å². The lowest BCUT2D eigenvalue weighted by molar-refractivity contribution is 0.392. The standard InChI is InChI=1S/C16H29N3O3S/c1-10-13(15(2,3)4)12-8-11(18-23(20,21)22)9-19(12)14(17-10)16(5,6)7/h10-11,18H,8-9H2,1-7H3,(H,20,21,22)/t10-,11-/m0/s1. The lowest BCUT2D eigenvalue weighted by Gasteiger charge is -2.41. The summed E-state index contributed by atoms with van der Waals surface area (Å²) in [6.07, 6.45) is 0.575. The Hall–Kier alpha value is -0.920. The molecule has 0 aromatic rings. The lowest BCUT2D eigenvalue weighted by Crippen LogP contribution is -2.44. The Morgan fingerprint density at radius 1 is 1.17 bits per heavy atom. The largest absolute Gasteiger partial charge is 0.333 e. The summed E-state index contributed by atoms with van der Waals surface area (Å²) in [5.74, 6) is 0.979. The highest BCUT2D eigenvalue weighted by molar-refractivity contribution is 7.83. The topological polar surface area (TPSA) is 82.0 Å². The number of fused-ring (bicyclic) bond motifs is 1. The summed E-state index contributed by atoms with van der Waals surface area (Å²) in [5.41, 5.74) is 2.21. The van der Waals surface area contributed by atoms with E-state index in [2.05, 4.69) is 58.1 Å². The van der Waals surface area contributed by atoms with Crippen molar-refractivity contribution in [2.45, 2.75) is 67.0 Å². The van der Waals surface area contributed by atoms with Gasteiger partial charge in [0, 0.05) is 30.1 Å². The Bertz CT molecular complexity index is 651. The third kappa shape index (κ3) is 3.95. The van der Waals surface area contributed by atoms with Crippen molar-refractivity contribution in [1.29, 1.82) is 0 Å². The van der Waals surface area contributed by atoms with Crippen LogP contribution in [-0.4, -0.2) is 42.3 Å². The number of nitrogens with one attached hydrogen (secondary N) is 1. The highest BCUT2D eigenvalue weighted by Gasteiger charge is 2.43. The summed E-state index contributed by atoms with van der Waals surface area (Å²) in [5, 5.41) is 0. The first-order chi connectivity index (χ1) is 10.2. The zero-order valence-electron chi connectivity index (χ0n) is 15.1. The lowest BCUT2D eigenvalue weighted by atomic mass is 9.79. The summed E-state index contributed by atoms with van der Waals surface area (Å²) >= 11 is 0. The summed E-state index contributed by atoms with van der Waals surface area (Å²) in [7, 11) is -4.21. The van der Waals surface area contributed by atoms with E-state index in [-0.39, 0.29) is 22.9 Å². The summed E-state index contributed by atoms with van der Waals surface area (Å²) < 4.78 is 33.8. The van der Waals surface area contributed by atoms with E-state index >= 15 is 0 Å².